The first kappa shape index (κ1) is 17.1. The van der Waals surface area contributed by atoms with Gasteiger partial charge in [-0.05, 0) is 49.1 Å². The van der Waals surface area contributed by atoms with Crippen LogP contribution in [0, 0.1) is 5.82 Å². The summed E-state index contributed by atoms with van der Waals surface area (Å²) in [5, 5.41) is 21.0. The van der Waals surface area contributed by atoms with Crippen LogP contribution in [0.5, 0.6) is 5.75 Å². The summed E-state index contributed by atoms with van der Waals surface area (Å²) >= 11 is 0. The Balaban J connectivity index is 1.61. The van der Waals surface area contributed by atoms with Gasteiger partial charge >= 0.3 is 0 Å². The Bertz CT molecular complexity index is 1090. The summed E-state index contributed by atoms with van der Waals surface area (Å²) in [5.41, 5.74) is 0.612. The van der Waals surface area contributed by atoms with Gasteiger partial charge in [0.2, 0.25) is 0 Å². The molecular weight excluding hydrogens is 351 g/mol. The molecule has 1 aliphatic rings. The van der Waals surface area contributed by atoms with Gasteiger partial charge in [0.25, 0.3) is 11.5 Å². The van der Waals surface area contributed by atoms with Gasteiger partial charge in [-0.25, -0.2) is 9.07 Å². The lowest BCUT2D eigenvalue weighted by atomic mass is 10.1. The SMILES string of the molecule is O=C(NC1CC1)c1cc2nnn(CCc3cccc(F)c3)c(=O)c2cc1O. The summed E-state index contributed by atoms with van der Waals surface area (Å²) in [6.07, 6.45) is 2.26. The second kappa shape index (κ2) is 6.79. The van der Waals surface area contributed by atoms with Gasteiger partial charge in [-0.2, -0.15) is 0 Å². The fraction of sp³-hybridized carbons (Fsp3) is 0.263. The molecule has 138 valence electrons. The minimum Gasteiger partial charge on any atom is -0.507 e. The normalized spacial score (nSPS) is 13.7. The first-order chi connectivity index (χ1) is 13.0. The van der Waals surface area contributed by atoms with Crippen LogP contribution in [0.2, 0.25) is 0 Å². The number of hydrogen-bond donors (Lipinski definition) is 2. The smallest absolute Gasteiger partial charge is 0.277 e. The molecule has 0 atom stereocenters. The lowest BCUT2D eigenvalue weighted by molar-refractivity contribution is 0.0948. The van der Waals surface area contributed by atoms with E-state index in [1.807, 2.05) is 0 Å². The average molecular weight is 368 g/mol. The molecule has 2 aromatic carbocycles. The van der Waals surface area contributed by atoms with Crippen LogP contribution in [-0.4, -0.2) is 32.0 Å². The number of halogens is 1. The van der Waals surface area contributed by atoms with Crippen LogP contribution in [0.25, 0.3) is 10.9 Å². The molecule has 0 radical (unpaired) electrons. The number of phenolic OH excluding ortho intramolecular Hbond substituents is 1. The van der Waals surface area contributed by atoms with Crippen molar-refractivity contribution in [3.05, 3.63) is 63.7 Å². The van der Waals surface area contributed by atoms with Crippen LogP contribution < -0.4 is 10.9 Å². The molecule has 7 nitrogen and oxygen atoms in total. The zero-order valence-corrected chi connectivity index (χ0v) is 14.4. The van der Waals surface area contributed by atoms with E-state index in [-0.39, 0.29) is 40.6 Å². The lowest BCUT2D eigenvalue weighted by Gasteiger charge is -2.08. The number of amides is 1. The van der Waals surface area contributed by atoms with Crippen LogP contribution in [0.15, 0.2) is 41.2 Å². The fourth-order valence-corrected chi connectivity index (χ4v) is 2.86. The Hall–Kier alpha value is -3.29. The van der Waals surface area contributed by atoms with Crippen molar-refractivity contribution < 1.29 is 14.3 Å². The number of nitrogens with one attached hydrogen (secondary N) is 1. The molecule has 0 unspecified atom stereocenters. The number of aryl methyl sites for hydroxylation is 2. The summed E-state index contributed by atoms with van der Waals surface area (Å²) in [4.78, 5) is 24.8. The maximum atomic E-state index is 13.3. The van der Waals surface area contributed by atoms with Gasteiger partial charge in [0.1, 0.15) is 17.1 Å². The predicted octanol–water partition coefficient (Wildman–Crippen LogP) is 1.77. The van der Waals surface area contributed by atoms with Crippen LogP contribution >= 0.6 is 0 Å². The van der Waals surface area contributed by atoms with Crippen molar-refractivity contribution in [2.24, 2.45) is 0 Å². The number of carbonyl (C=O) groups is 1. The molecule has 27 heavy (non-hydrogen) atoms. The lowest BCUT2D eigenvalue weighted by Crippen LogP contribution is -2.27. The molecule has 0 spiro atoms. The highest BCUT2D eigenvalue weighted by atomic mass is 19.1. The van der Waals surface area contributed by atoms with E-state index in [1.165, 1.54) is 24.3 Å². The third-order valence-electron chi connectivity index (χ3n) is 4.50. The molecule has 1 aromatic heterocycles. The highest BCUT2D eigenvalue weighted by Gasteiger charge is 2.25. The zero-order chi connectivity index (χ0) is 19.0. The molecule has 1 aliphatic carbocycles. The Labute approximate surface area is 153 Å². The molecule has 2 N–H and O–H groups in total. The highest BCUT2D eigenvalue weighted by Crippen LogP contribution is 2.24. The second-order valence-electron chi connectivity index (χ2n) is 6.63. The Morgan fingerprint density at radius 2 is 2.11 bits per heavy atom. The van der Waals surface area contributed by atoms with Crippen molar-refractivity contribution in [2.75, 3.05) is 0 Å². The van der Waals surface area contributed by atoms with E-state index in [1.54, 1.807) is 12.1 Å². The van der Waals surface area contributed by atoms with Crippen LogP contribution in [0.1, 0.15) is 28.8 Å². The Morgan fingerprint density at radius 1 is 1.30 bits per heavy atom. The van der Waals surface area contributed by atoms with Crippen molar-refractivity contribution in [1.82, 2.24) is 20.3 Å². The highest BCUT2D eigenvalue weighted by molar-refractivity contribution is 6.00. The van der Waals surface area contributed by atoms with Gasteiger partial charge in [-0.1, -0.05) is 17.3 Å². The first-order valence-corrected chi connectivity index (χ1v) is 8.67. The van der Waals surface area contributed by atoms with E-state index >= 15 is 0 Å². The molecule has 1 amide bonds. The van der Waals surface area contributed by atoms with Gasteiger partial charge in [0.15, 0.2) is 0 Å². The van der Waals surface area contributed by atoms with E-state index in [0.29, 0.717) is 6.42 Å². The molecule has 3 aromatic rings. The van der Waals surface area contributed by atoms with Gasteiger partial charge in [0.05, 0.1) is 17.5 Å². The summed E-state index contributed by atoms with van der Waals surface area (Å²) in [5.74, 6) is -1.01. The summed E-state index contributed by atoms with van der Waals surface area (Å²) in [6.45, 7) is 0.218. The Morgan fingerprint density at radius 3 is 2.85 bits per heavy atom. The number of aromatic nitrogens is 3. The number of carbonyl (C=O) groups excluding carboxylic acids is 1. The molecule has 1 fully saturated rings. The number of aromatic hydroxyl groups is 1. The third-order valence-corrected chi connectivity index (χ3v) is 4.50. The van der Waals surface area contributed by atoms with Gasteiger partial charge in [0, 0.05) is 6.04 Å². The van der Waals surface area contributed by atoms with Crippen molar-refractivity contribution in [3.8, 4) is 5.75 Å². The average Bonchev–Trinajstić information content (AvgIpc) is 3.45. The van der Waals surface area contributed by atoms with Crippen LogP contribution in [-0.2, 0) is 13.0 Å². The zero-order valence-electron chi connectivity index (χ0n) is 14.4. The summed E-state index contributed by atoms with van der Waals surface area (Å²) in [6, 6.07) is 8.88. The minimum absolute atomic E-state index is 0.0700. The topological polar surface area (TPSA) is 97.1 Å². The predicted molar refractivity (Wildman–Crippen MR) is 96.1 cm³/mol. The number of nitrogens with zero attached hydrogens (tertiary/aromatic N) is 3. The van der Waals surface area contributed by atoms with E-state index in [2.05, 4.69) is 15.6 Å². The summed E-state index contributed by atoms with van der Waals surface area (Å²) < 4.78 is 14.4. The molecule has 1 heterocycles. The van der Waals surface area contributed by atoms with E-state index < -0.39 is 11.5 Å². The van der Waals surface area contributed by atoms with Gasteiger partial charge < -0.3 is 10.4 Å². The van der Waals surface area contributed by atoms with E-state index in [4.69, 9.17) is 0 Å². The van der Waals surface area contributed by atoms with E-state index in [0.717, 1.165) is 23.1 Å². The van der Waals surface area contributed by atoms with E-state index in [9.17, 15) is 19.1 Å². The maximum Gasteiger partial charge on any atom is 0.277 e. The van der Waals surface area contributed by atoms with Crippen molar-refractivity contribution in [3.63, 3.8) is 0 Å². The molecule has 4 rings (SSSR count). The van der Waals surface area contributed by atoms with Crippen molar-refractivity contribution in [1.29, 1.82) is 0 Å². The Kier molecular flexibility index (Phi) is 4.31. The molecule has 0 saturated heterocycles. The quantitative estimate of drug-likeness (QED) is 0.715. The van der Waals surface area contributed by atoms with Gasteiger partial charge in [-0.3, -0.25) is 9.59 Å². The number of rotatable bonds is 5. The molecule has 8 heteroatoms. The van der Waals surface area contributed by atoms with Crippen LogP contribution in [0.3, 0.4) is 0 Å². The fourth-order valence-electron chi connectivity index (χ4n) is 2.86. The minimum atomic E-state index is -0.430. The third kappa shape index (κ3) is 3.64. The van der Waals surface area contributed by atoms with Crippen molar-refractivity contribution >= 4 is 16.8 Å². The van der Waals surface area contributed by atoms with Crippen molar-refractivity contribution in [2.45, 2.75) is 31.8 Å². The first-order valence-electron chi connectivity index (χ1n) is 8.67. The molecular formula is C19H17FN4O3. The number of benzene rings is 2. The van der Waals surface area contributed by atoms with Gasteiger partial charge in [-0.15, -0.1) is 5.10 Å². The largest absolute Gasteiger partial charge is 0.507 e. The molecule has 0 aliphatic heterocycles. The maximum absolute atomic E-state index is 13.3. The molecule has 1 saturated carbocycles. The standard InChI is InChI=1S/C19H17FN4O3/c20-12-3-1-2-11(8-12)6-7-24-19(27)14-10-17(25)15(9-16(14)22-23-24)18(26)21-13-4-5-13/h1-3,8-10,13,25H,4-7H2,(H,21,26). The van der Waals surface area contributed by atoms with Crippen LogP contribution in [0.4, 0.5) is 4.39 Å². The molecule has 0 bridgehead atoms. The summed E-state index contributed by atoms with van der Waals surface area (Å²) in [7, 11) is 0. The number of phenols is 1. The second-order valence-corrected chi connectivity index (χ2v) is 6.63. The number of hydrogen-bond acceptors (Lipinski definition) is 5. The number of fused-ring (bicyclic) bond motifs is 1. The monoisotopic (exact) mass is 368 g/mol.